The van der Waals surface area contributed by atoms with E-state index in [9.17, 15) is 13.2 Å². The summed E-state index contributed by atoms with van der Waals surface area (Å²) >= 11 is 1.28. The lowest BCUT2D eigenvalue weighted by Gasteiger charge is -2.18. The van der Waals surface area contributed by atoms with Crippen molar-refractivity contribution in [2.45, 2.75) is 37.4 Å². The molecule has 1 N–H and O–H groups in total. The molecule has 33 heavy (non-hydrogen) atoms. The topological polar surface area (TPSA) is 97.2 Å². The third kappa shape index (κ3) is 6.01. The zero-order valence-corrected chi connectivity index (χ0v) is 20.9. The summed E-state index contributed by atoms with van der Waals surface area (Å²) in [5.74, 6) is 0.639. The fourth-order valence-electron chi connectivity index (χ4n) is 3.29. The van der Waals surface area contributed by atoms with Crippen molar-refractivity contribution >= 4 is 27.7 Å². The molecule has 176 valence electrons. The standard InChI is InChI=1S/C23H29N5O3S2/c1-5-28(6-2)33(30,31)20-9-7-8-19(14-20)22-25-26-23(27(22)4)32-16-21(29)24-15-18-12-10-17(3)11-13-18/h7-14H,5-6,15-16H2,1-4H3,(H,24,29). The Labute approximate surface area is 199 Å². The van der Waals surface area contributed by atoms with Gasteiger partial charge >= 0.3 is 0 Å². The van der Waals surface area contributed by atoms with Gasteiger partial charge in [-0.1, -0.05) is 67.6 Å². The van der Waals surface area contributed by atoms with Gasteiger partial charge in [-0.3, -0.25) is 4.79 Å². The van der Waals surface area contributed by atoms with E-state index in [1.807, 2.05) is 45.0 Å². The van der Waals surface area contributed by atoms with Gasteiger partial charge < -0.3 is 9.88 Å². The number of carbonyl (C=O) groups excluding carboxylic acids is 1. The molecule has 0 spiro atoms. The van der Waals surface area contributed by atoms with E-state index < -0.39 is 10.0 Å². The zero-order valence-electron chi connectivity index (χ0n) is 19.3. The molecule has 1 amide bonds. The van der Waals surface area contributed by atoms with E-state index in [0.717, 1.165) is 5.56 Å². The van der Waals surface area contributed by atoms with Crippen molar-refractivity contribution in [2.24, 2.45) is 7.05 Å². The average Bonchev–Trinajstić information content (AvgIpc) is 3.18. The van der Waals surface area contributed by atoms with Gasteiger partial charge in [0.2, 0.25) is 15.9 Å². The maximum absolute atomic E-state index is 12.9. The quantitative estimate of drug-likeness (QED) is 0.441. The number of rotatable bonds is 10. The molecular weight excluding hydrogens is 458 g/mol. The molecule has 0 bridgehead atoms. The minimum absolute atomic E-state index is 0.0996. The van der Waals surface area contributed by atoms with E-state index in [0.29, 0.717) is 36.2 Å². The van der Waals surface area contributed by atoms with Crippen molar-refractivity contribution in [3.63, 3.8) is 0 Å². The van der Waals surface area contributed by atoms with Crippen LogP contribution in [0.1, 0.15) is 25.0 Å². The highest BCUT2D eigenvalue weighted by molar-refractivity contribution is 7.99. The third-order valence-electron chi connectivity index (χ3n) is 5.21. The van der Waals surface area contributed by atoms with Crippen LogP contribution >= 0.6 is 11.8 Å². The molecule has 0 unspecified atom stereocenters. The van der Waals surface area contributed by atoms with Gasteiger partial charge in [-0.25, -0.2) is 8.42 Å². The SMILES string of the molecule is CCN(CC)S(=O)(=O)c1cccc(-c2nnc(SCC(=O)NCc3ccc(C)cc3)n2C)c1. The van der Waals surface area contributed by atoms with Gasteiger partial charge in [0.15, 0.2) is 11.0 Å². The molecule has 0 fully saturated rings. The predicted molar refractivity (Wildman–Crippen MR) is 130 cm³/mol. The molecule has 8 nitrogen and oxygen atoms in total. The van der Waals surface area contributed by atoms with Gasteiger partial charge in [0.25, 0.3) is 0 Å². The van der Waals surface area contributed by atoms with E-state index in [1.54, 1.807) is 35.9 Å². The van der Waals surface area contributed by atoms with Crippen LogP contribution in [0.5, 0.6) is 0 Å². The number of sulfonamides is 1. The van der Waals surface area contributed by atoms with Crippen molar-refractivity contribution in [3.8, 4) is 11.4 Å². The fourth-order valence-corrected chi connectivity index (χ4v) is 5.53. The lowest BCUT2D eigenvalue weighted by Crippen LogP contribution is -2.30. The predicted octanol–water partition coefficient (Wildman–Crippen LogP) is 3.23. The summed E-state index contributed by atoms with van der Waals surface area (Å²) < 4.78 is 28.9. The Bertz CT molecular complexity index is 1200. The number of amides is 1. The van der Waals surface area contributed by atoms with Crippen molar-refractivity contribution in [3.05, 3.63) is 59.7 Å². The molecule has 3 rings (SSSR count). The highest BCUT2D eigenvalue weighted by atomic mass is 32.2. The Morgan fingerprint density at radius 1 is 1.09 bits per heavy atom. The zero-order chi connectivity index (χ0) is 24.0. The smallest absolute Gasteiger partial charge is 0.243 e. The van der Waals surface area contributed by atoms with Crippen LogP contribution < -0.4 is 5.32 Å². The van der Waals surface area contributed by atoms with Crippen LogP contribution in [0, 0.1) is 6.92 Å². The van der Waals surface area contributed by atoms with E-state index >= 15 is 0 Å². The van der Waals surface area contributed by atoms with Crippen molar-refractivity contribution < 1.29 is 13.2 Å². The second kappa shape index (κ2) is 11.0. The van der Waals surface area contributed by atoms with Crippen LogP contribution in [-0.4, -0.2) is 52.2 Å². The molecular formula is C23H29N5O3S2. The van der Waals surface area contributed by atoms with Crippen LogP contribution in [0.4, 0.5) is 0 Å². The normalized spacial score (nSPS) is 11.7. The maximum atomic E-state index is 12.9. The average molecular weight is 488 g/mol. The molecule has 0 atom stereocenters. The Morgan fingerprint density at radius 2 is 1.79 bits per heavy atom. The number of carbonyl (C=O) groups is 1. The van der Waals surface area contributed by atoms with E-state index in [2.05, 4.69) is 15.5 Å². The summed E-state index contributed by atoms with van der Waals surface area (Å²) in [6.45, 7) is 6.92. The number of hydrogen-bond acceptors (Lipinski definition) is 6. The van der Waals surface area contributed by atoms with E-state index in [1.165, 1.54) is 21.6 Å². The molecule has 0 saturated heterocycles. The van der Waals surface area contributed by atoms with Gasteiger partial charge in [-0.2, -0.15) is 4.31 Å². The largest absolute Gasteiger partial charge is 0.351 e. The molecule has 1 aromatic heterocycles. The molecule has 1 heterocycles. The first-order valence-corrected chi connectivity index (χ1v) is 13.1. The number of aromatic nitrogens is 3. The monoisotopic (exact) mass is 487 g/mol. The first-order valence-electron chi connectivity index (χ1n) is 10.7. The van der Waals surface area contributed by atoms with E-state index in [4.69, 9.17) is 0 Å². The third-order valence-corrected chi connectivity index (χ3v) is 8.28. The highest BCUT2D eigenvalue weighted by Crippen LogP contribution is 2.25. The van der Waals surface area contributed by atoms with Crippen LogP contribution in [-0.2, 0) is 28.4 Å². The van der Waals surface area contributed by atoms with Crippen LogP contribution in [0.15, 0.2) is 58.6 Å². The summed E-state index contributed by atoms with van der Waals surface area (Å²) in [5, 5.41) is 11.9. The van der Waals surface area contributed by atoms with Crippen molar-refractivity contribution in [1.82, 2.24) is 24.4 Å². The van der Waals surface area contributed by atoms with Crippen LogP contribution in [0.25, 0.3) is 11.4 Å². The maximum Gasteiger partial charge on any atom is 0.243 e. The summed E-state index contributed by atoms with van der Waals surface area (Å²) in [4.78, 5) is 12.5. The molecule has 0 aliphatic carbocycles. The number of nitrogens with one attached hydrogen (secondary N) is 1. The molecule has 0 aliphatic heterocycles. The van der Waals surface area contributed by atoms with Gasteiger partial charge in [0, 0.05) is 32.2 Å². The van der Waals surface area contributed by atoms with Gasteiger partial charge in [-0.05, 0) is 24.6 Å². The Balaban J connectivity index is 1.67. The molecule has 10 heteroatoms. The number of benzene rings is 2. The fraction of sp³-hybridized carbons (Fsp3) is 0.348. The lowest BCUT2D eigenvalue weighted by atomic mass is 10.1. The Kier molecular flexibility index (Phi) is 8.28. The molecule has 0 aliphatic rings. The summed E-state index contributed by atoms with van der Waals surface area (Å²) in [6.07, 6.45) is 0. The van der Waals surface area contributed by atoms with Gasteiger partial charge in [-0.15, -0.1) is 10.2 Å². The molecule has 3 aromatic rings. The first kappa shape index (κ1) is 24.9. The molecule has 0 saturated carbocycles. The number of aryl methyl sites for hydroxylation is 1. The van der Waals surface area contributed by atoms with Crippen LogP contribution in [0.3, 0.4) is 0 Å². The van der Waals surface area contributed by atoms with Gasteiger partial charge in [0.05, 0.1) is 10.6 Å². The number of thioether (sulfide) groups is 1. The summed E-state index contributed by atoms with van der Waals surface area (Å²) in [7, 11) is -1.77. The minimum atomic E-state index is -3.57. The molecule has 2 aromatic carbocycles. The number of nitrogens with zero attached hydrogens (tertiary/aromatic N) is 4. The lowest BCUT2D eigenvalue weighted by molar-refractivity contribution is -0.118. The first-order chi connectivity index (χ1) is 15.8. The second-order valence-electron chi connectivity index (χ2n) is 7.53. The number of hydrogen-bond donors (Lipinski definition) is 1. The van der Waals surface area contributed by atoms with Crippen molar-refractivity contribution in [2.75, 3.05) is 18.8 Å². The Hall–Kier alpha value is -2.69. The summed E-state index contributed by atoms with van der Waals surface area (Å²) in [5.41, 5.74) is 2.86. The van der Waals surface area contributed by atoms with Crippen LogP contribution in [0.2, 0.25) is 0 Å². The summed E-state index contributed by atoms with van der Waals surface area (Å²) in [6, 6.07) is 14.7. The van der Waals surface area contributed by atoms with Crippen molar-refractivity contribution in [1.29, 1.82) is 0 Å². The van der Waals surface area contributed by atoms with Gasteiger partial charge in [0.1, 0.15) is 0 Å². The Morgan fingerprint density at radius 3 is 2.45 bits per heavy atom. The highest BCUT2D eigenvalue weighted by Gasteiger charge is 2.23. The minimum Gasteiger partial charge on any atom is -0.351 e. The van der Waals surface area contributed by atoms with E-state index in [-0.39, 0.29) is 16.6 Å². The molecule has 0 radical (unpaired) electrons. The second-order valence-corrected chi connectivity index (χ2v) is 10.4.